The van der Waals surface area contributed by atoms with E-state index < -0.39 is 15.2 Å². The van der Waals surface area contributed by atoms with E-state index in [4.69, 9.17) is 19.9 Å². The van der Waals surface area contributed by atoms with Crippen LogP contribution in [-0.4, -0.2) is 40.7 Å². The van der Waals surface area contributed by atoms with Crippen molar-refractivity contribution in [1.29, 1.82) is 0 Å². The van der Waals surface area contributed by atoms with Crippen LogP contribution in [0.5, 0.6) is 0 Å². The minimum atomic E-state index is -2.95. The summed E-state index contributed by atoms with van der Waals surface area (Å²) in [6, 6.07) is 58.0. The molecule has 0 radical (unpaired) electrons. The van der Waals surface area contributed by atoms with Crippen molar-refractivity contribution in [2.24, 2.45) is 0 Å². The monoisotopic (exact) mass is 798 g/mol. The summed E-state index contributed by atoms with van der Waals surface area (Å²) in [6.45, 7) is 2.52. The standard InChI is InChI=1S/C51H40N6P2/c1-56-44-26-34-14-10-24-54-42(34)32-49(44)58(38-18-6-4-7-19-38)48-28-36-16-12-22-52-40(36)30-45(48)57(2)47-31-41-37(17-13-23-53-41)29-50(47)59(3,39-20-8-5-9-21-39)51-33-43-35(27-46(51)56)15-11-25-55-43/h4-33,59H,1-3H3. The van der Waals surface area contributed by atoms with Gasteiger partial charge in [0.25, 0.3) is 0 Å². The van der Waals surface area contributed by atoms with Crippen LogP contribution < -0.4 is 41.6 Å². The molecule has 0 fully saturated rings. The predicted octanol–water partition coefficient (Wildman–Crippen LogP) is 9.14. The number of fused-ring (bicyclic) bond motifs is 8. The molecule has 0 bridgehead atoms. The first-order valence-corrected chi connectivity index (χ1v) is 23.7. The van der Waals surface area contributed by atoms with Crippen LogP contribution in [0.2, 0.25) is 0 Å². The second kappa shape index (κ2) is 14.1. The Bertz CT molecular complexity index is 3070. The molecule has 0 amide bonds. The van der Waals surface area contributed by atoms with Crippen LogP contribution in [0.1, 0.15) is 0 Å². The number of benzene rings is 6. The summed E-state index contributed by atoms with van der Waals surface area (Å²) in [5.41, 5.74) is 8.43. The number of anilines is 4. The van der Waals surface area contributed by atoms with E-state index in [9.17, 15) is 0 Å². The number of rotatable bonds is 2. The average molecular weight is 799 g/mol. The molecule has 0 spiro atoms. The van der Waals surface area contributed by atoms with Gasteiger partial charge >= 0.3 is 346 Å². The van der Waals surface area contributed by atoms with Gasteiger partial charge in [0, 0.05) is 0 Å². The molecule has 6 nitrogen and oxygen atoms in total. The Morgan fingerprint density at radius 1 is 0.407 bits per heavy atom. The van der Waals surface area contributed by atoms with Gasteiger partial charge in [0.1, 0.15) is 0 Å². The van der Waals surface area contributed by atoms with E-state index in [0.29, 0.717) is 0 Å². The molecule has 4 aromatic heterocycles. The first kappa shape index (κ1) is 35.6. The molecule has 1 atom stereocenters. The third kappa shape index (κ3) is 5.78. The minimum absolute atomic E-state index is 0.956. The van der Waals surface area contributed by atoms with Crippen molar-refractivity contribution in [3.05, 3.63) is 183 Å². The summed E-state index contributed by atoms with van der Waals surface area (Å²) in [5.74, 6) is 0. The number of pyridine rings is 4. The van der Waals surface area contributed by atoms with Crippen molar-refractivity contribution >= 4 is 113 Å². The Hall–Kier alpha value is -6.58. The molecule has 59 heavy (non-hydrogen) atoms. The quantitative estimate of drug-likeness (QED) is 0.163. The molecule has 11 rings (SSSR count). The van der Waals surface area contributed by atoms with Crippen LogP contribution >= 0.6 is 15.2 Å². The molecule has 0 saturated heterocycles. The molecule has 1 aliphatic rings. The summed E-state index contributed by atoms with van der Waals surface area (Å²) in [4.78, 5) is 24.7. The molecule has 1 unspecified atom stereocenters. The van der Waals surface area contributed by atoms with E-state index in [1.807, 2.05) is 49.1 Å². The first-order valence-electron chi connectivity index (χ1n) is 19.9. The summed E-state index contributed by atoms with van der Waals surface area (Å²) in [7, 11) is 0.371. The van der Waals surface area contributed by atoms with Gasteiger partial charge in [-0.3, -0.25) is 0 Å². The molecule has 0 saturated carbocycles. The fraction of sp³-hybridized carbons (Fsp3) is 0.0588. The van der Waals surface area contributed by atoms with E-state index in [2.05, 4.69) is 164 Å². The second-order valence-electron chi connectivity index (χ2n) is 15.5. The number of hydrogen-bond acceptors (Lipinski definition) is 6. The van der Waals surface area contributed by atoms with Crippen molar-refractivity contribution in [1.82, 2.24) is 19.9 Å². The molecule has 1 aliphatic heterocycles. The van der Waals surface area contributed by atoms with Crippen LogP contribution in [0.15, 0.2) is 183 Å². The molecular weight excluding hydrogens is 759 g/mol. The molecule has 8 heteroatoms. The van der Waals surface area contributed by atoms with Gasteiger partial charge in [0.2, 0.25) is 0 Å². The maximum atomic E-state index is 4.99. The fourth-order valence-corrected chi connectivity index (χ4v) is 16.0. The van der Waals surface area contributed by atoms with Crippen molar-refractivity contribution in [3.63, 3.8) is 0 Å². The van der Waals surface area contributed by atoms with Gasteiger partial charge < -0.3 is 0 Å². The predicted molar refractivity (Wildman–Crippen MR) is 255 cm³/mol. The molecule has 6 aromatic carbocycles. The van der Waals surface area contributed by atoms with Crippen LogP contribution in [0.4, 0.5) is 22.7 Å². The Kier molecular flexibility index (Phi) is 8.48. The third-order valence-corrected chi connectivity index (χ3v) is 19.1. The van der Waals surface area contributed by atoms with E-state index in [1.165, 1.54) is 37.5 Å². The summed E-state index contributed by atoms with van der Waals surface area (Å²) in [6.07, 6.45) is 7.61. The number of hydrogen-bond donors (Lipinski definition) is 0. The summed E-state index contributed by atoms with van der Waals surface area (Å²) in [5, 5.41) is 12.1. The second-order valence-corrected chi connectivity index (χ2v) is 21.5. The zero-order valence-corrected chi connectivity index (χ0v) is 34.8. The Morgan fingerprint density at radius 2 is 0.831 bits per heavy atom. The molecular formula is C51H40N6P2. The molecule has 0 aliphatic carbocycles. The van der Waals surface area contributed by atoms with E-state index in [1.54, 1.807) is 0 Å². The van der Waals surface area contributed by atoms with Crippen molar-refractivity contribution in [3.8, 4) is 0 Å². The molecule has 5 heterocycles. The van der Waals surface area contributed by atoms with Gasteiger partial charge in [-0.15, -0.1) is 0 Å². The summed E-state index contributed by atoms with van der Waals surface area (Å²) >= 11 is 0. The molecule has 0 N–H and O–H groups in total. The van der Waals surface area contributed by atoms with Gasteiger partial charge in [-0.1, -0.05) is 0 Å². The van der Waals surface area contributed by atoms with Gasteiger partial charge in [-0.2, -0.15) is 0 Å². The molecule has 284 valence electrons. The third-order valence-electron chi connectivity index (χ3n) is 12.2. The van der Waals surface area contributed by atoms with Crippen LogP contribution in [-0.2, 0) is 0 Å². The van der Waals surface area contributed by atoms with E-state index in [0.717, 1.165) is 60.7 Å². The Labute approximate surface area is 345 Å². The van der Waals surface area contributed by atoms with Crippen molar-refractivity contribution in [2.75, 3.05) is 30.6 Å². The zero-order chi connectivity index (χ0) is 39.7. The van der Waals surface area contributed by atoms with Gasteiger partial charge in [-0.25, -0.2) is 0 Å². The van der Waals surface area contributed by atoms with Crippen LogP contribution in [0, 0.1) is 0 Å². The fourth-order valence-electron chi connectivity index (χ4n) is 9.14. The molecule has 10 aromatic rings. The van der Waals surface area contributed by atoms with Gasteiger partial charge in [0.15, 0.2) is 0 Å². The van der Waals surface area contributed by atoms with Gasteiger partial charge in [0.05, 0.1) is 0 Å². The SMILES string of the molecule is CN1c2cc3ncccc3cc2P(c2ccccc2)c2cc3ncccc3cc2N(C)c2cc3cccnc3cc2[PH](C)(c2ccccc2)c2cc3cccnc3cc21. The van der Waals surface area contributed by atoms with Crippen molar-refractivity contribution < 1.29 is 0 Å². The van der Waals surface area contributed by atoms with Crippen LogP contribution in [0.3, 0.4) is 0 Å². The number of aromatic nitrogens is 4. The topological polar surface area (TPSA) is 58.0 Å². The average Bonchev–Trinajstić information content (AvgIpc) is 3.30. The van der Waals surface area contributed by atoms with E-state index in [-0.39, 0.29) is 0 Å². The Balaban J connectivity index is 1.37. The van der Waals surface area contributed by atoms with Crippen molar-refractivity contribution in [2.45, 2.75) is 0 Å². The van der Waals surface area contributed by atoms with Crippen LogP contribution in [0.25, 0.3) is 43.6 Å². The first-order chi connectivity index (χ1) is 29.0. The summed E-state index contributed by atoms with van der Waals surface area (Å²) < 4.78 is 0. The van der Waals surface area contributed by atoms with E-state index >= 15 is 0 Å². The normalized spacial score (nSPS) is 15.5. The Morgan fingerprint density at radius 3 is 1.44 bits per heavy atom. The maximum absolute atomic E-state index is 4.99. The van der Waals surface area contributed by atoms with Gasteiger partial charge in [-0.05, 0) is 0 Å². The zero-order valence-electron chi connectivity index (χ0n) is 33.0. The number of nitrogens with zero attached hydrogens (tertiary/aromatic N) is 6.